The van der Waals surface area contributed by atoms with Gasteiger partial charge in [-0.3, -0.25) is 9.91 Å². The van der Waals surface area contributed by atoms with Gasteiger partial charge in [-0.2, -0.15) is 5.10 Å². The summed E-state index contributed by atoms with van der Waals surface area (Å²) in [5.41, 5.74) is 6.66. The molecule has 0 radical (unpaired) electrons. The van der Waals surface area contributed by atoms with Crippen molar-refractivity contribution >= 4 is 6.21 Å². The monoisotopic (exact) mass is 321 g/mol. The van der Waals surface area contributed by atoms with Crippen molar-refractivity contribution in [1.82, 2.24) is 9.91 Å². The minimum Gasteiger partial charge on any atom is -0.295 e. The molecule has 1 saturated heterocycles. The van der Waals surface area contributed by atoms with Gasteiger partial charge in [0, 0.05) is 32.7 Å². The predicted octanol–water partition coefficient (Wildman–Crippen LogP) is 3.76. The Hall–Kier alpha value is -2.13. The van der Waals surface area contributed by atoms with Crippen LogP contribution in [0.15, 0.2) is 47.6 Å². The number of benzene rings is 2. The SMILES string of the molecule is Cc1ccc(CN2CCN(/N=C\c3ccccc3C)CC2)c(C)c1. The molecule has 0 unspecified atom stereocenters. The molecule has 0 aromatic heterocycles. The number of rotatable bonds is 4. The lowest BCUT2D eigenvalue weighted by molar-refractivity contribution is 0.131. The van der Waals surface area contributed by atoms with Gasteiger partial charge < -0.3 is 0 Å². The minimum atomic E-state index is 0.993. The van der Waals surface area contributed by atoms with Crippen LogP contribution < -0.4 is 0 Å². The van der Waals surface area contributed by atoms with Crippen molar-refractivity contribution in [2.24, 2.45) is 5.10 Å². The van der Waals surface area contributed by atoms with E-state index < -0.39 is 0 Å². The standard InChI is InChI=1S/C21H27N3/c1-17-8-9-21(19(3)14-17)16-23-10-12-24(13-11-23)22-15-20-7-5-4-6-18(20)2/h4-9,14-15H,10-13,16H2,1-3H3/b22-15-. The average Bonchev–Trinajstić information content (AvgIpc) is 2.58. The molecule has 1 aliphatic rings. The largest absolute Gasteiger partial charge is 0.295 e. The van der Waals surface area contributed by atoms with Crippen LogP contribution in [0, 0.1) is 20.8 Å². The van der Waals surface area contributed by atoms with Gasteiger partial charge in [-0.25, -0.2) is 0 Å². The number of hydrogen-bond acceptors (Lipinski definition) is 3. The molecular weight excluding hydrogens is 294 g/mol. The number of hydrogen-bond donors (Lipinski definition) is 0. The summed E-state index contributed by atoms with van der Waals surface area (Å²) in [6, 6.07) is 15.1. The van der Waals surface area contributed by atoms with Gasteiger partial charge in [-0.15, -0.1) is 0 Å². The van der Waals surface area contributed by atoms with Crippen LogP contribution >= 0.6 is 0 Å². The molecule has 0 saturated carbocycles. The first kappa shape index (κ1) is 16.7. The zero-order chi connectivity index (χ0) is 16.9. The van der Waals surface area contributed by atoms with Gasteiger partial charge in [0.2, 0.25) is 0 Å². The summed E-state index contributed by atoms with van der Waals surface area (Å²) in [5, 5.41) is 6.85. The third kappa shape index (κ3) is 4.24. The second-order valence-electron chi connectivity index (χ2n) is 6.76. The topological polar surface area (TPSA) is 18.8 Å². The summed E-state index contributed by atoms with van der Waals surface area (Å²) in [5.74, 6) is 0. The molecule has 3 rings (SSSR count). The van der Waals surface area contributed by atoms with E-state index in [0.717, 1.165) is 32.7 Å². The first-order chi connectivity index (χ1) is 11.6. The maximum Gasteiger partial charge on any atom is 0.0545 e. The molecule has 0 amide bonds. The lowest BCUT2D eigenvalue weighted by Gasteiger charge is -2.33. The Balaban J connectivity index is 1.53. The molecule has 1 fully saturated rings. The fraction of sp³-hybridized carbons (Fsp3) is 0.381. The van der Waals surface area contributed by atoms with Gasteiger partial charge >= 0.3 is 0 Å². The Morgan fingerprint density at radius 3 is 2.38 bits per heavy atom. The molecule has 0 atom stereocenters. The summed E-state index contributed by atoms with van der Waals surface area (Å²) in [6.45, 7) is 11.7. The Kier molecular flexibility index (Phi) is 5.31. The molecule has 2 aromatic rings. The van der Waals surface area contributed by atoms with Crippen LogP contribution in [0.5, 0.6) is 0 Å². The molecule has 2 aromatic carbocycles. The van der Waals surface area contributed by atoms with E-state index in [1.165, 1.54) is 27.8 Å². The van der Waals surface area contributed by atoms with E-state index in [-0.39, 0.29) is 0 Å². The molecule has 0 aliphatic carbocycles. The van der Waals surface area contributed by atoms with E-state index in [9.17, 15) is 0 Å². The van der Waals surface area contributed by atoms with Crippen molar-refractivity contribution < 1.29 is 0 Å². The zero-order valence-corrected chi connectivity index (χ0v) is 15.0. The first-order valence-corrected chi connectivity index (χ1v) is 8.75. The van der Waals surface area contributed by atoms with Gasteiger partial charge in [-0.1, -0.05) is 48.0 Å². The fourth-order valence-electron chi connectivity index (χ4n) is 3.15. The molecule has 0 N–H and O–H groups in total. The molecule has 24 heavy (non-hydrogen) atoms. The van der Waals surface area contributed by atoms with E-state index in [1.807, 2.05) is 6.21 Å². The van der Waals surface area contributed by atoms with E-state index in [4.69, 9.17) is 0 Å². The predicted molar refractivity (Wildman–Crippen MR) is 102 cm³/mol. The Labute approximate surface area is 145 Å². The summed E-state index contributed by atoms with van der Waals surface area (Å²) in [7, 11) is 0. The summed E-state index contributed by atoms with van der Waals surface area (Å²) >= 11 is 0. The van der Waals surface area contributed by atoms with Crippen LogP contribution in [-0.2, 0) is 6.54 Å². The average molecular weight is 321 g/mol. The number of hydrazone groups is 1. The van der Waals surface area contributed by atoms with E-state index in [0.29, 0.717) is 0 Å². The molecule has 0 bridgehead atoms. The quantitative estimate of drug-likeness (QED) is 0.799. The van der Waals surface area contributed by atoms with Crippen molar-refractivity contribution in [3.63, 3.8) is 0 Å². The molecule has 0 spiro atoms. The van der Waals surface area contributed by atoms with E-state index in [2.05, 4.69) is 78.2 Å². The van der Waals surface area contributed by atoms with Crippen LogP contribution in [-0.4, -0.2) is 42.3 Å². The molecule has 126 valence electrons. The Bertz CT molecular complexity index is 713. The van der Waals surface area contributed by atoms with Crippen LogP contribution in [0.4, 0.5) is 0 Å². The van der Waals surface area contributed by atoms with Crippen molar-refractivity contribution in [2.75, 3.05) is 26.2 Å². The van der Waals surface area contributed by atoms with Crippen molar-refractivity contribution in [3.8, 4) is 0 Å². The van der Waals surface area contributed by atoms with Gasteiger partial charge in [0.25, 0.3) is 0 Å². The van der Waals surface area contributed by atoms with Crippen molar-refractivity contribution in [2.45, 2.75) is 27.3 Å². The molecule has 1 heterocycles. The van der Waals surface area contributed by atoms with E-state index >= 15 is 0 Å². The van der Waals surface area contributed by atoms with Crippen LogP contribution in [0.2, 0.25) is 0 Å². The second-order valence-corrected chi connectivity index (χ2v) is 6.76. The smallest absolute Gasteiger partial charge is 0.0545 e. The number of aryl methyl sites for hydroxylation is 3. The van der Waals surface area contributed by atoms with Gasteiger partial charge in [-0.05, 0) is 43.0 Å². The van der Waals surface area contributed by atoms with Gasteiger partial charge in [0.1, 0.15) is 0 Å². The summed E-state index contributed by atoms with van der Waals surface area (Å²) in [4.78, 5) is 2.53. The summed E-state index contributed by atoms with van der Waals surface area (Å²) in [6.07, 6.45) is 2.00. The second kappa shape index (κ2) is 7.63. The van der Waals surface area contributed by atoms with Gasteiger partial charge in [0.15, 0.2) is 0 Å². The highest BCUT2D eigenvalue weighted by Crippen LogP contribution is 2.14. The number of nitrogens with zero attached hydrogens (tertiary/aromatic N) is 3. The molecule has 1 aliphatic heterocycles. The molecular formula is C21H27N3. The Morgan fingerprint density at radius 2 is 1.67 bits per heavy atom. The van der Waals surface area contributed by atoms with Crippen LogP contribution in [0.3, 0.4) is 0 Å². The van der Waals surface area contributed by atoms with Crippen LogP contribution in [0.1, 0.15) is 27.8 Å². The van der Waals surface area contributed by atoms with Crippen LogP contribution in [0.25, 0.3) is 0 Å². The highest BCUT2D eigenvalue weighted by Gasteiger charge is 2.16. The molecule has 3 nitrogen and oxygen atoms in total. The lowest BCUT2D eigenvalue weighted by Crippen LogP contribution is -2.43. The van der Waals surface area contributed by atoms with Gasteiger partial charge in [0.05, 0.1) is 6.21 Å². The van der Waals surface area contributed by atoms with E-state index in [1.54, 1.807) is 0 Å². The highest BCUT2D eigenvalue weighted by molar-refractivity contribution is 5.81. The van der Waals surface area contributed by atoms with Crippen molar-refractivity contribution in [1.29, 1.82) is 0 Å². The Morgan fingerprint density at radius 1 is 0.917 bits per heavy atom. The third-order valence-electron chi connectivity index (χ3n) is 4.79. The van der Waals surface area contributed by atoms with Crippen molar-refractivity contribution in [3.05, 3.63) is 70.3 Å². The fourth-order valence-corrected chi connectivity index (χ4v) is 3.15. The minimum absolute atomic E-state index is 0.993. The zero-order valence-electron chi connectivity index (χ0n) is 15.0. The third-order valence-corrected chi connectivity index (χ3v) is 4.79. The normalized spacial score (nSPS) is 16.0. The summed E-state index contributed by atoms with van der Waals surface area (Å²) < 4.78 is 0. The molecule has 3 heteroatoms. The highest BCUT2D eigenvalue weighted by atomic mass is 15.5. The maximum atomic E-state index is 4.67. The first-order valence-electron chi connectivity index (χ1n) is 8.75. The lowest BCUT2D eigenvalue weighted by atomic mass is 10.1. The maximum absolute atomic E-state index is 4.67. The number of piperazine rings is 1.